The predicted molar refractivity (Wildman–Crippen MR) is 73.3 cm³/mol. The maximum Gasteiger partial charge on any atom is 0.119 e. The molecule has 0 aromatic heterocycles. The Balaban J connectivity index is 2.56. The van der Waals surface area contributed by atoms with Crippen LogP contribution >= 0.6 is 12.2 Å². The Labute approximate surface area is 108 Å². The standard InChI is InChI=1S/C13H19NO2S/c1-13(2,3)11(15)8-16-10-6-4-9(5-7-10)12(14)17/h4-7,11,15H,8H2,1-3H3,(H2,14,17). The molecule has 1 unspecified atom stereocenters. The van der Waals surface area contributed by atoms with E-state index in [9.17, 15) is 5.11 Å². The van der Waals surface area contributed by atoms with Crippen molar-refractivity contribution in [2.24, 2.45) is 11.1 Å². The zero-order chi connectivity index (χ0) is 13.1. The van der Waals surface area contributed by atoms with Gasteiger partial charge in [0.05, 0.1) is 6.10 Å². The summed E-state index contributed by atoms with van der Waals surface area (Å²) in [5.41, 5.74) is 6.12. The fraction of sp³-hybridized carbons (Fsp3) is 0.462. The van der Waals surface area contributed by atoms with E-state index >= 15 is 0 Å². The Morgan fingerprint density at radius 3 is 2.29 bits per heavy atom. The Hall–Kier alpha value is -1.13. The summed E-state index contributed by atoms with van der Waals surface area (Å²) in [6.45, 7) is 6.18. The second kappa shape index (κ2) is 5.47. The Kier molecular flexibility index (Phi) is 4.48. The first-order valence-electron chi connectivity index (χ1n) is 5.51. The van der Waals surface area contributed by atoms with E-state index in [4.69, 9.17) is 22.7 Å². The second-order valence-electron chi connectivity index (χ2n) is 5.08. The average Bonchev–Trinajstić information content (AvgIpc) is 2.25. The van der Waals surface area contributed by atoms with E-state index in [1.54, 1.807) is 24.3 Å². The lowest BCUT2D eigenvalue weighted by Gasteiger charge is -2.25. The van der Waals surface area contributed by atoms with Crippen LogP contribution in [0, 0.1) is 5.41 Å². The molecule has 0 spiro atoms. The fourth-order valence-electron chi connectivity index (χ4n) is 1.14. The quantitative estimate of drug-likeness (QED) is 0.807. The number of benzene rings is 1. The highest BCUT2D eigenvalue weighted by molar-refractivity contribution is 7.80. The van der Waals surface area contributed by atoms with E-state index in [0.29, 0.717) is 10.7 Å². The zero-order valence-electron chi connectivity index (χ0n) is 10.4. The van der Waals surface area contributed by atoms with Gasteiger partial charge in [-0.1, -0.05) is 33.0 Å². The predicted octanol–water partition coefficient (Wildman–Crippen LogP) is 2.11. The number of rotatable bonds is 4. The fourth-order valence-corrected chi connectivity index (χ4v) is 1.28. The highest BCUT2D eigenvalue weighted by Gasteiger charge is 2.22. The van der Waals surface area contributed by atoms with Gasteiger partial charge in [0.25, 0.3) is 0 Å². The van der Waals surface area contributed by atoms with Crippen LogP contribution in [0.3, 0.4) is 0 Å². The van der Waals surface area contributed by atoms with Crippen molar-refractivity contribution < 1.29 is 9.84 Å². The second-order valence-corrected chi connectivity index (χ2v) is 5.52. The lowest BCUT2D eigenvalue weighted by Crippen LogP contribution is -2.31. The van der Waals surface area contributed by atoms with Crippen molar-refractivity contribution in [3.8, 4) is 5.75 Å². The molecule has 0 aliphatic rings. The summed E-state index contributed by atoms with van der Waals surface area (Å²) in [5, 5.41) is 9.82. The summed E-state index contributed by atoms with van der Waals surface area (Å²) in [6, 6.07) is 7.20. The Bertz CT molecular complexity index is 381. The molecule has 0 saturated carbocycles. The van der Waals surface area contributed by atoms with Crippen LogP contribution in [0.5, 0.6) is 5.75 Å². The molecule has 0 fully saturated rings. The van der Waals surface area contributed by atoms with Gasteiger partial charge in [-0.2, -0.15) is 0 Å². The Morgan fingerprint density at radius 1 is 1.35 bits per heavy atom. The molecule has 1 aromatic carbocycles. The minimum absolute atomic E-state index is 0.182. The first-order valence-corrected chi connectivity index (χ1v) is 5.92. The zero-order valence-corrected chi connectivity index (χ0v) is 11.3. The van der Waals surface area contributed by atoms with Crippen LogP contribution < -0.4 is 10.5 Å². The number of ether oxygens (including phenoxy) is 1. The molecule has 0 amide bonds. The van der Waals surface area contributed by atoms with E-state index in [-0.39, 0.29) is 12.0 Å². The summed E-state index contributed by atoms with van der Waals surface area (Å²) >= 11 is 4.86. The molecule has 1 rings (SSSR count). The molecule has 0 radical (unpaired) electrons. The summed E-state index contributed by atoms with van der Waals surface area (Å²) in [7, 11) is 0. The first kappa shape index (κ1) is 13.9. The summed E-state index contributed by atoms with van der Waals surface area (Å²) in [4.78, 5) is 0.367. The number of thiocarbonyl (C=S) groups is 1. The lowest BCUT2D eigenvalue weighted by molar-refractivity contribution is 0.0218. The van der Waals surface area contributed by atoms with Gasteiger partial charge in [-0.3, -0.25) is 0 Å². The molecular weight excluding hydrogens is 234 g/mol. The molecule has 3 nitrogen and oxygen atoms in total. The van der Waals surface area contributed by atoms with Gasteiger partial charge < -0.3 is 15.6 Å². The molecule has 94 valence electrons. The third-order valence-electron chi connectivity index (χ3n) is 2.55. The van der Waals surface area contributed by atoms with Gasteiger partial charge in [0.1, 0.15) is 17.3 Å². The third-order valence-corrected chi connectivity index (χ3v) is 2.78. The van der Waals surface area contributed by atoms with E-state index in [1.165, 1.54) is 0 Å². The van der Waals surface area contributed by atoms with Crippen molar-refractivity contribution in [3.05, 3.63) is 29.8 Å². The van der Waals surface area contributed by atoms with Crippen LogP contribution in [0.15, 0.2) is 24.3 Å². The maximum atomic E-state index is 9.82. The van der Waals surface area contributed by atoms with Gasteiger partial charge in [0, 0.05) is 5.56 Å². The molecule has 0 aliphatic heterocycles. The number of hydrogen-bond acceptors (Lipinski definition) is 3. The van der Waals surface area contributed by atoms with E-state index in [0.717, 1.165) is 5.56 Å². The minimum atomic E-state index is -0.502. The smallest absolute Gasteiger partial charge is 0.119 e. The number of aliphatic hydroxyl groups is 1. The molecule has 0 aliphatic carbocycles. The van der Waals surface area contributed by atoms with Crippen LogP contribution in [-0.4, -0.2) is 22.8 Å². The molecule has 0 saturated heterocycles. The SMILES string of the molecule is CC(C)(C)C(O)COc1ccc(C(N)=S)cc1. The van der Waals surface area contributed by atoms with E-state index < -0.39 is 6.10 Å². The lowest BCUT2D eigenvalue weighted by atomic mass is 9.90. The van der Waals surface area contributed by atoms with Crippen LogP contribution in [0.1, 0.15) is 26.3 Å². The minimum Gasteiger partial charge on any atom is -0.491 e. The molecule has 3 N–H and O–H groups in total. The Morgan fingerprint density at radius 2 is 1.88 bits per heavy atom. The van der Waals surface area contributed by atoms with Crippen molar-refractivity contribution in [2.45, 2.75) is 26.9 Å². The van der Waals surface area contributed by atoms with Crippen molar-refractivity contribution in [2.75, 3.05) is 6.61 Å². The molecule has 1 aromatic rings. The van der Waals surface area contributed by atoms with Crippen molar-refractivity contribution in [1.82, 2.24) is 0 Å². The molecule has 17 heavy (non-hydrogen) atoms. The summed E-state index contributed by atoms with van der Waals surface area (Å²) in [6.07, 6.45) is -0.502. The monoisotopic (exact) mass is 253 g/mol. The highest BCUT2D eigenvalue weighted by Crippen LogP contribution is 2.20. The van der Waals surface area contributed by atoms with Gasteiger partial charge in [-0.15, -0.1) is 0 Å². The van der Waals surface area contributed by atoms with Gasteiger partial charge in [-0.05, 0) is 29.7 Å². The van der Waals surface area contributed by atoms with Crippen LogP contribution in [0.4, 0.5) is 0 Å². The number of hydrogen-bond donors (Lipinski definition) is 2. The first-order chi connectivity index (χ1) is 7.80. The van der Waals surface area contributed by atoms with Gasteiger partial charge in [-0.25, -0.2) is 0 Å². The van der Waals surface area contributed by atoms with Crippen molar-refractivity contribution in [3.63, 3.8) is 0 Å². The largest absolute Gasteiger partial charge is 0.491 e. The number of nitrogens with two attached hydrogens (primary N) is 1. The van der Waals surface area contributed by atoms with Gasteiger partial charge in [0.15, 0.2) is 0 Å². The molecule has 4 heteroatoms. The molecule has 0 heterocycles. The third kappa shape index (κ3) is 4.32. The molecular formula is C13H19NO2S. The molecule has 0 bridgehead atoms. The van der Waals surface area contributed by atoms with E-state index in [2.05, 4.69) is 0 Å². The highest BCUT2D eigenvalue weighted by atomic mass is 32.1. The van der Waals surface area contributed by atoms with Crippen LogP contribution in [0.25, 0.3) is 0 Å². The maximum absolute atomic E-state index is 9.82. The van der Waals surface area contributed by atoms with Gasteiger partial charge >= 0.3 is 0 Å². The van der Waals surface area contributed by atoms with E-state index in [1.807, 2.05) is 20.8 Å². The van der Waals surface area contributed by atoms with Crippen molar-refractivity contribution in [1.29, 1.82) is 0 Å². The summed E-state index contributed by atoms with van der Waals surface area (Å²) < 4.78 is 5.49. The van der Waals surface area contributed by atoms with Gasteiger partial charge in [0.2, 0.25) is 0 Å². The normalized spacial score (nSPS) is 13.2. The summed E-state index contributed by atoms with van der Waals surface area (Å²) in [5.74, 6) is 0.702. The van der Waals surface area contributed by atoms with Crippen LogP contribution in [-0.2, 0) is 0 Å². The van der Waals surface area contributed by atoms with Crippen LogP contribution in [0.2, 0.25) is 0 Å². The molecule has 1 atom stereocenters. The van der Waals surface area contributed by atoms with Crippen molar-refractivity contribution >= 4 is 17.2 Å². The topological polar surface area (TPSA) is 55.5 Å². The average molecular weight is 253 g/mol. The number of aliphatic hydroxyl groups excluding tert-OH is 1.